The van der Waals surface area contributed by atoms with Crippen LogP contribution in [0.3, 0.4) is 0 Å². The first-order valence-corrected chi connectivity index (χ1v) is 7.79. The molecule has 2 aromatic rings. The van der Waals surface area contributed by atoms with Crippen LogP contribution in [0, 0.1) is 0 Å². The van der Waals surface area contributed by atoms with E-state index in [2.05, 4.69) is 10.6 Å². The molecule has 0 aliphatic heterocycles. The summed E-state index contributed by atoms with van der Waals surface area (Å²) in [5.41, 5.74) is 2.05. The highest BCUT2D eigenvalue weighted by Gasteiger charge is 2.28. The van der Waals surface area contributed by atoms with Gasteiger partial charge in [0.15, 0.2) is 6.61 Å². The average molecular weight is 352 g/mol. The molecule has 0 spiro atoms. The van der Waals surface area contributed by atoms with E-state index >= 15 is 0 Å². The predicted octanol–water partition coefficient (Wildman–Crippen LogP) is 4.24. The maximum absolute atomic E-state index is 12.3. The van der Waals surface area contributed by atoms with E-state index in [1.807, 2.05) is 25.1 Å². The molecule has 0 unspecified atom stereocenters. The van der Waals surface area contributed by atoms with E-state index in [-0.39, 0.29) is 18.2 Å². The van der Waals surface area contributed by atoms with Gasteiger partial charge in [-0.2, -0.15) is 13.2 Å². The molecule has 7 heteroatoms. The summed E-state index contributed by atoms with van der Waals surface area (Å²) in [5.74, 6) is -0.256. The van der Waals surface area contributed by atoms with E-state index < -0.39 is 12.8 Å². The number of para-hydroxylation sites is 3. The molecule has 0 aliphatic rings. The van der Waals surface area contributed by atoms with Crippen LogP contribution in [0.1, 0.15) is 12.5 Å². The van der Waals surface area contributed by atoms with Crippen LogP contribution in [0.15, 0.2) is 48.5 Å². The molecule has 2 aromatic carbocycles. The van der Waals surface area contributed by atoms with Gasteiger partial charge >= 0.3 is 6.18 Å². The van der Waals surface area contributed by atoms with Gasteiger partial charge in [-0.1, -0.05) is 37.3 Å². The second-order valence-electron chi connectivity index (χ2n) is 5.31. The molecule has 0 radical (unpaired) electrons. The van der Waals surface area contributed by atoms with Crippen molar-refractivity contribution >= 4 is 17.3 Å². The van der Waals surface area contributed by atoms with Crippen molar-refractivity contribution in [2.45, 2.75) is 19.5 Å². The lowest BCUT2D eigenvalue weighted by atomic mass is 10.1. The first-order chi connectivity index (χ1) is 11.9. The molecular weight excluding hydrogens is 333 g/mol. The Bertz CT molecular complexity index is 717. The summed E-state index contributed by atoms with van der Waals surface area (Å²) in [4.78, 5) is 12.1. The van der Waals surface area contributed by atoms with Gasteiger partial charge in [0.2, 0.25) is 5.91 Å². The molecule has 0 fully saturated rings. The molecule has 25 heavy (non-hydrogen) atoms. The minimum atomic E-state index is -4.42. The predicted molar refractivity (Wildman–Crippen MR) is 90.9 cm³/mol. The van der Waals surface area contributed by atoms with E-state index in [1.165, 1.54) is 6.07 Å². The van der Waals surface area contributed by atoms with E-state index in [9.17, 15) is 18.0 Å². The van der Waals surface area contributed by atoms with Gasteiger partial charge in [0.05, 0.1) is 12.2 Å². The summed E-state index contributed by atoms with van der Waals surface area (Å²) in [7, 11) is 0. The van der Waals surface area contributed by atoms with Gasteiger partial charge in [0.1, 0.15) is 5.75 Å². The Morgan fingerprint density at radius 3 is 2.36 bits per heavy atom. The van der Waals surface area contributed by atoms with Crippen molar-refractivity contribution in [2.24, 2.45) is 0 Å². The van der Waals surface area contributed by atoms with Crippen LogP contribution in [-0.2, 0) is 11.2 Å². The molecule has 1 amide bonds. The molecule has 0 aromatic heterocycles. The van der Waals surface area contributed by atoms with Crippen molar-refractivity contribution in [3.05, 3.63) is 54.1 Å². The van der Waals surface area contributed by atoms with Crippen LogP contribution in [0.4, 0.5) is 24.5 Å². The number of aryl methyl sites for hydroxylation is 1. The smallest absolute Gasteiger partial charge is 0.422 e. The Morgan fingerprint density at radius 2 is 1.68 bits per heavy atom. The van der Waals surface area contributed by atoms with Crippen LogP contribution in [0.5, 0.6) is 5.75 Å². The zero-order chi connectivity index (χ0) is 18.3. The number of hydrogen-bond donors (Lipinski definition) is 2. The lowest BCUT2D eigenvalue weighted by molar-refractivity contribution is -0.153. The molecule has 134 valence electrons. The fourth-order valence-corrected chi connectivity index (χ4v) is 2.22. The number of rotatable bonds is 7. The third-order valence-corrected chi connectivity index (χ3v) is 3.39. The summed E-state index contributed by atoms with van der Waals surface area (Å²) < 4.78 is 41.6. The monoisotopic (exact) mass is 352 g/mol. The number of anilines is 2. The van der Waals surface area contributed by atoms with Crippen molar-refractivity contribution in [1.29, 1.82) is 0 Å². The molecule has 0 saturated heterocycles. The Hall–Kier alpha value is -2.70. The number of ether oxygens (including phenoxy) is 1. The maximum atomic E-state index is 12.3. The zero-order valence-electron chi connectivity index (χ0n) is 13.7. The maximum Gasteiger partial charge on any atom is 0.422 e. The average Bonchev–Trinajstić information content (AvgIpc) is 2.58. The minimum absolute atomic E-state index is 0.0431. The summed E-state index contributed by atoms with van der Waals surface area (Å²) in [6.07, 6.45) is -3.65. The van der Waals surface area contributed by atoms with Crippen LogP contribution >= 0.6 is 0 Å². The molecule has 0 bridgehead atoms. The first kappa shape index (κ1) is 18.6. The highest BCUT2D eigenvalue weighted by atomic mass is 19.4. The number of benzene rings is 2. The quantitative estimate of drug-likeness (QED) is 0.784. The topological polar surface area (TPSA) is 50.4 Å². The lowest BCUT2D eigenvalue weighted by Crippen LogP contribution is -2.23. The van der Waals surface area contributed by atoms with Gasteiger partial charge in [0.25, 0.3) is 0 Å². The van der Waals surface area contributed by atoms with Crippen LogP contribution < -0.4 is 15.4 Å². The molecule has 0 atom stereocenters. The number of nitrogens with one attached hydrogen (secondary N) is 2. The Balaban J connectivity index is 1.95. The highest BCUT2D eigenvalue weighted by molar-refractivity contribution is 5.94. The number of amides is 1. The van der Waals surface area contributed by atoms with Crippen LogP contribution in [0.25, 0.3) is 0 Å². The Kier molecular flexibility index (Phi) is 6.27. The van der Waals surface area contributed by atoms with Crippen LogP contribution in [-0.4, -0.2) is 25.2 Å². The second kappa shape index (κ2) is 8.41. The number of alkyl halides is 3. The van der Waals surface area contributed by atoms with Crippen molar-refractivity contribution in [2.75, 3.05) is 23.8 Å². The third-order valence-electron chi connectivity index (χ3n) is 3.39. The molecule has 4 nitrogen and oxygen atoms in total. The molecular formula is C18H19F3N2O2. The standard InChI is InChI=1S/C18H19F3N2O2/c1-2-13-7-3-4-8-14(13)23-17(24)11-22-15-9-5-6-10-16(15)25-12-18(19,20)21/h3-10,22H,2,11-12H2,1H3,(H,23,24). The normalized spacial score (nSPS) is 11.0. The molecule has 0 saturated carbocycles. The third kappa shape index (κ3) is 6.02. The molecule has 2 rings (SSSR count). The molecule has 0 aliphatic carbocycles. The van der Waals surface area contributed by atoms with E-state index in [4.69, 9.17) is 4.74 Å². The zero-order valence-corrected chi connectivity index (χ0v) is 13.7. The van der Waals surface area contributed by atoms with Crippen LogP contribution in [0.2, 0.25) is 0 Å². The second-order valence-corrected chi connectivity index (χ2v) is 5.31. The van der Waals surface area contributed by atoms with Crippen molar-refractivity contribution < 1.29 is 22.7 Å². The Labute approximate surface area is 144 Å². The van der Waals surface area contributed by atoms with Gasteiger partial charge in [-0.3, -0.25) is 4.79 Å². The fraction of sp³-hybridized carbons (Fsp3) is 0.278. The summed E-state index contributed by atoms with van der Waals surface area (Å²) >= 11 is 0. The lowest BCUT2D eigenvalue weighted by Gasteiger charge is -2.15. The van der Waals surface area contributed by atoms with E-state index in [1.54, 1.807) is 24.3 Å². The van der Waals surface area contributed by atoms with E-state index in [0.29, 0.717) is 5.69 Å². The fourth-order valence-electron chi connectivity index (χ4n) is 2.22. The van der Waals surface area contributed by atoms with E-state index in [0.717, 1.165) is 17.7 Å². The van der Waals surface area contributed by atoms with Crippen molar-refractivity contribution in [1.82, 2.24) is 0 Å². The number of halogens is 3. The highest BCUT2D eigenvalue weighted by Crippen LogP contribution is 2.26. The first-order valence-electron chi connectivity index (χ1n) is 7.79. The van der Waals surface area contributed by atoms with Crippen molar-refractivity contribution in [3.8, 4) is 5.75 Å². The largest absolute Gasteiger partial charge is 0.482 e. The van der Waals surface area contributed by atoms with Gasteiger partial charge < -0.3 is 15.4 Å². The SMILES string of the molecule is CCc1ccccc1NC(=O)CNc1ccccc1OCC(F)(F)F. The Morgan fingerprint density at radius 1 is 1.04 bits per heavy atom. The van der Waals surface area contributed by atoms with Crippen molar-refractivity contribution in [3.63, 3.8) is 0 Å². The summed E-state index contributed by atoms with van der Waals surface area (Å²) in [5, 5.41) is 5.59. The molecule has 2 N–H and O–H groups in total. The summed E-state index contributed by atoms with van der Waals surface area (Å²) in [6, 6.07) is 13.6. The number of hydrogen-bond acceptors (Lipinski definition) is 3. The van der Waals surface area contributed by atoms with Gasteiger partial charge in [-0.25, -0.2) is 0 Å². The van der Waals surface area contributed by atoms with Gasteiger partial charge in [-0.05, 0) is 30.2 Å². The minimum Gasteiger partial charge on any atom is -0.482 e. The molecule has 0 heterocycles. The number of carbonyl (C=O) groups is 1. The van der Waals surface area contributed by atoms with Gasteiger partial charge in [0, 0.05) is 5.69 Å². The van der Waals surface area contributed by atoms with Gasteiger partial charge in [-0.15, -0.1) is 0 Å². The summed E-state index contributed by atoms with van der Waals surface area (Å²) in [6.45, 7) is 0.504. The number of carbonyl (C=O) groups excluding carboxylic acids is 1.